The monoisotopic (exact) mass is 265 g/mol. The van der Waals surface area contributed by atoms with Gasteiger partial charge in [0.2, 0.25) is 5.69 Å². The van der Waals surface area contributed by atoms with Crippen molar-refractivity contribution in [1.82, 2.24) is 0 Å². The molecular weight excluding hydrogens is 252 g/mol. The molecule has 1 aliphatic heterocycles. The highest BCUT2D eigenvalue weighted by atomic mass is 32.2. The normalized spacial score (nSPS) is 13.4. The number of aryl methyl sites for hydroxylation is 1. The lowest BCUT2D eigenvalue weighted by Gasteiger charge is -2.13. The minimum atomic E-state index is 0.700. The zero-order chi connectivity index (χ0) is 13.2. The third-order valence-electron chi connectivity index (χ3n) is 3.19. The summed E-state index contributed by atoms with van der Waals surface area (Å²) < 4.78 is 2.19. The highest BCUT2D eigenvalue weighted by Gasteiger charge is 2.19. The van der Waals surface area contributed by atoms with Crippen LogP contribution in [0, 0.1) is 18.3 Å². The fraction of sp³-hybridized carbons (Fsp3) is 0.125. The molecule has 0 saturated carbocycles. The van der Waals surface area contributed by atoms with E-state index in [0.29, 0.717) is 5.56 Å². The van der Waals surface area contributed by atoms with Gasteiger partial charge in [0.05, 0.1) is 17.2 Å². The van der Waals surface area contributed by atoms with Gasteiger partial charge in [-0.25, -0.2) is 0 Å². The van der Waals surface area contributed by atoms with Crippen molar-refractivity contribution in [3.05, 3.63) is 59.2 Å². The number of nitriles is 1. The molecule has 0 spiro atoms. The van der Waals surface area contributed by atoms with Gasteiger partial charge in [-0.2, -0.15) is 9.84 Å². The first kappa shape index (κ1) is 12.0. The molecule has 0 amide bonds. The van der Waals surface area contributed by atoms with Crippen LogP contribution < -0.4 is 0 Å². The fourth-order valence-corrected chi connectivity index (χ4v) is 3.29. The molecule has 0 unspecified atom stereocenters. The lowest BCUT2D eigenvalue weighted by atomic mass is 10.1. The third-order valence-corrected chi connectivity index (χ3v) is 4.45. The number of hydrogen-bond donors (Lipinski definition) is 0. The summed E-state index contributed by atoms with van der Waals surface area (Å²) in [5.74, 6) is 0.882. The number of hydrogen-bond acceptors (Lipinski definition) is 2. The van der Waals surface area contributed by atoms with Crippen LogP contribution in [0.5, 0.6) is 0 Å². The van der Waals surface area contributed by atoms with E-state index in [9.17, 15) is 0 Å². The summed E-state index contributed by atoms with van der Waals surface area (Å²) in [5, 5.41) is 8.97. The summed E-state index contributed by atoms with van der Waals surface area (Å²) in [5.41, 5.74) is 4.34. The molecule has 0 N–H and O–H groups in total. The van der Waals surface area contributed by atoms with Crippen molar-refractivity contribution in [2.45, 2.75) is 11.8 Å². The van der Waals surface area contributed by atoms with Gasteiger partial charge in [0.1, 0.15) is 0 Å². The van der Waals surface area contributed by atoms with Gasteiger partial charge < -0.3 is 0 Å². The Morgan fingerprint density at radius 1 is 1.21 bits per heavy atom. The van der Waals surface area contributed by atoms with Gasteiger partial charge in [0.15, 0.2) is 12.1 Å². The zero-order valence-electron chi connectivity index (χ0n) is 10.6. The molecule has 0 fully saturated rings. The Kier molecular flexibility index (Phi) is 3.10. The number of rotatable bonds is 1. The number of thioether (sulfide) groups is 1. The number of nitrogens with zero attached hydrogens (tertiary/aromatic N) is 2. The van der Waals surface area contributed by atoms with E-state index in [0.717, 1.165) is 11.6 Å². The van der Waals surface area contributed by atoms with Crippen LogP contribution >= 0.6 is 11.8 Å². The molecule has 0 atom stereocenters. The van der Waals surface area contributed by atoms with Crippen LogP contribution in [0.2, 0.25) is 0 Å². The average Bonchev–Trinajstić information content (AvgIpc) is 2.47. The first-order chi connectivity index (χ1) is 9.28. The van der Waals surface area contributed by atoms with E-state index in [2.05, 4.69) is 42.0 Å². The molecule has 1 heterocycles. The zero-order valence-corrected chi connectivity index (χ0v) is 11.4. The van der Waals surface area contributed by atoms with Crippen molar-refractivity contribution >= 4 is 23.7 Å². The summed E-state index contributed by atoms with van der Waals surface area (Å²) in [6.07, 6.45) is 2.16. The summed E-state index contributed by atoms with van der Waals surface area (Å²) in [6.45, 7) is 2.14. The maximum atomic E-state index is 8.97. The van der Waals surface area contributed by atoms with E-state index in [-0.39, 0.29) is 0 Å². The standard InChI is InChI=1S/C16H13N2S/c1-12-4-2-6-14-10-18(11-19-16(12)14)15-7-3-5-13(8-15)9-17/h2-8,10H,11H2,1H3/q+1. The minimum absolute atomic E-state index is 0.700. The van der Waals surface area contributed by atoms with Crippen LogP contribution in [0.1, 0.15) is 16.7 Å². The highest BCUT2D eigenvalue weighted by molar-refractivity contribution is 7.99. The predicted molar refractivity (Wildman–Crippen MR) is 78.1 cm³/mol. The summed E-state index contributed by atoms with van der Waals surface area (Å²) in [6, 6.07) is 16.3. The van der Waals surface area contributed by atoms with Gasteiger partial charge in [0, 0.05) is 17.0 Å². The summed E-state index contributed by atoms with van der Waals surface area (Å²) >= 11 is 1.84. The molecule has 19 heavy (non-hydrogen) atoms. The predicted octanol–water partition coefficient (Wildman–Crippen LogP) is 3.69. The third kappa shape index (κ3) is 2.27. The van der Waals surface area contributed by atoms with Gasteiger partial charge in [-0.3, -0.25) is 0 Å². The topological polar surface area (TPSA) is 26.8 Å². The molecule has 0 aromatic heterocycles. The minimum Gasteiger partial charge on any atom is -0.192 e. The van der Waals surface area contributed by atoms with Gasteiger partial charge in [-0.05, 0) is 24.6 Å². The molecule has 0 bridgehead atoms. The van der Waals surface area contributed by atoms with Gasteiger partial charge in [-0.1, -0.05) is 30.0 Å². The average molecular weight is 265 g/mol. The largest absolute Gasteiger partial charge is 0.207 e. The SMILES string of the molecule is Cc1cccc2c1SC[N+](c1cccc(C#N)c1)=C2. The Hall–Kier alpha value is -2.05. The highest BCUT2D eigenvalue weighted by Crippen LogP contribution is 2.31. The van der Waals surface area contributed by atoms with Crippen molar-refractivity contribution < 1.29 is 4.58 Å². The summed E-state index contributed by atoms with van der Waals surface area (Å²) in [4.78, 5) is 1.36. The maximum Gasteiger partial charge on any atom is 0.207 e. The van der Waals surface area contributed by atoms with Crippen LogP contribution in [0.4, 0.5) is 5.69 Å². The van der Waals surface area contributed by atoms with Gasteiger partial charge in [-0.15, -0.1) is 0 Å². The fourth-order valence-electron chi connectivity index (χ4n) is 2.22. The molecule has 92 valence electrons. The van der Waals surface area contributed by atoms with Crippen molar-refractivity contribution in [2.75, 3.05) is 5.88 Å². The molecule has 2 nitrogen and oxygen atoms in total. The molecule has 2 aromatic carbocycles. The second-order valence-electron chi connectivity index (χ2n) is 4.53. The second kappa shape index (κ2) is 4.91. The van der Waals surface area contributed by atoms with E-state index in [1.165, 1.54) is 16.0 Å². The summed E-state index contributed by atoms with van der Waals surface area (Å²) in [7, 11) is 0. The Morgan fingerprint density at radius 2 is 2.05 bits per heavy atom. The van der Waals surface area contributed by atoms with Crippen LogP contribution in [-0.4, -0.2) is 16.7 Å². The molecule has 3 heteroatoms. The second-order valence-corrected chi connectivity index (χ2v) is 5.48. The van der Waals surface area contributed by atoms with E-state index < -0.39 is 0 Å². The Morgan fingerprint density at radius 3 is 2.89 bits per heavy atom. The molecular formula is C16H13N2S+. The van der Waals surface area contributed by atoms with Crippen LogP contribution in [0.15, 0.2) is 47.4 Å². The Balaban J connectivity index is 2.06. The van der Waals surface area contributed by atoms with E-state index in [1.807, 2.05) is 36.0 Å². The van der Waals surface area contributed by atoms with Crippen LogP contribution in [0.25, 0.3) is 0 Å². The van der Waals surface area contributed by atoms with Crippen LogP contribution in [0.3, 0.4) is 0 Å². The van der Waals surface area contributed by atoms with Crippen LogP contribution in [-0.2, 0) is 0 Å². The number of benzene rings is 2. The number of fused-ring (bicyclic) bond motifs is 1. The van der Waals surface area contributed by atoms with Crippen molar-refractivity contribution in [3.63, 3.8) is 0 Å². The molecule has 0 aliphatic carbocycles. The van der Waals surface area contributed by atoms with Gasteiger partial charge in [0.25, 0.3) is 0 Å². The van der Waals surface area contributed by atoms with Crippen molar-refractivity contribution in [2.24, 2.45) is 0 Å². The Bertz CT molecular complexity index is 711. The molecule has 0 saturated heterocycles. The Labute approximate surface area is 117 Å². The smallest absolute Gasteiger partial charge is 0.192 e. The lowest BCUT2D eigenvalue weighted by Crippen LogP contribution is -2.13. The molecule has 2 aromatic rings. The quantitative estimate of drug-likeness (QED) is 0.735. The lowest BCUT2D eigenvalue weighted by molar-refractivity contribution is -0.411. The van der Waals surface area contributed by atoms with E-state index in [1.54, 1.807) is 0 Å². The first-order valence-electron chi connectivity index (χ1n) is 6.12. The molecule has 0 radical (unpaired) electrons. The van der Waals surface area contributed by atoms with E-state index in [4.69, 9.17) is 5.26 Å². The first-order valence-corrected chi connectivity index (χ1v) is 7.10. The van der Waals surface area contributed by atoms with Gasteiger partial charge >= 0.3 is 0 Å². The molecule has 3 rings (SSSR count). The van der Waals surface area contributed by atoms with E-state index >= 15 is 0 Å². The maximum absolute atomic E-state index is 8.97. The van der Waals surface area contributed by atoms with Crippen molar-refractivity contribution in [3.8, 4) is 6.07 Å². The van der Waals surface area contributed by atoms with Crippen molar-refractivity contribution in [1.29, 1.82) is 5.26 Å². The molecule has 1 aliphatic rings.